The molecule has 1 unspecified atom stereocenters. The van der Waals surface area contributed by atoms with Gasteiger partial charge in [-0.05, 0) is 19.4 Å². The number of amides is 1. The number of carboxylic acid groups (broad SMARTS) is 1. The second-order valence-corrected chi connectivity index (χ2v) is 9.44. The smallest absolute Gasteiger partial charge is 0.328 e. The molecule has 136 valence electrons. The van der Waals surface area contributed by atoms with E-state index in [2.05, 4.69) is 0 Å². The molecule has 0 aliphatic carbocycles. The summed E-state index contributed by atoms with van der Waals surface area (Å²) in [5.41, 5.74) is 6.76. The van der Waals surface area contributed by atoms with Gasteiger partial charge in [0.2, 0.25) is 5.91 Å². The van der Waals surface area contributed by atoms with E-state index in [-0.39, 0.29) is 6.61 Å². The number of carboxylic acids is 1. The molecule has 9 heteroatoms. The first-order valence-corrected chi connectivity index (χ1v) is 9.35. The number of carbonyl (C=O) groups is 2. The van der Waals surface area contributed by atoms with E-state index < -0.39 is 50.0 Å². The van der Waals surface area contributed by atoms with Crippen molar-refractivity contribution in [2.75, 3.05) is 0 Å². The minimum absolute atomic E-state index is 0.129. The van der Waals surface area contributed by atoms with Crippen molar-refractivity contribution < 1.29 is 27.9 Å². The predicted octanol–water partition coefficient (Wildman–Crippen LogP) is -0.0673. The highest BCUT2D eigenvalue weighted by Gasteiger charge is 2.73. The van der Waals surface area contributed by atoms with Crippen LogP contribution >= 0.6 is 0 Å². The van der Waals surface area contributed by atoms with Crippen LogP contribution in [0.5, 0.6) is 0 Å². The van der Waals surface area contributed by atoms with E-state index >= 15 is 0 Å². The highest BCUT2D eigenvalue weighted by molar-refractivity contribution is 7.93. The summed E-state index contributed by atoms with van der Waals surface area (Å²) in [6, 6.07) is 7.70. The number of nitrogens with two attached hydrogens (primary N) is 1. The zero-order valence-corrected chi connectivity index (χ0v) is 14.6. The van der Waals surface area contributed by atoms with Crippen molar-refractivity contribution in [2.24, 2.45) is 11.7 Å². The lowest BCUT2D eigenvalue weighted by Gasteiger charge is -2.44. The highest BCUT2D eigenvalue weighted by Crippen LogP contribution is 2.49. The number of benzene rings is 1. The number of carbonyl (C=O) groups excluding carboxylic acids is 1. The minimum Gasteiger partial charge on any atom is -0.480 e. The van der Waals surface area contributed by atoms with Crippen molar-refractivity contribution in [3.8, 4) is 0 Å². The molecule has 3 N–H and O–H groups in total. The Bertz CT molecular complexity index is 807. The number of nitrogens with zero attached hydrogens (tertiary/aromatic N) is 1. The van der Waals surface area contributed by atoms with Crippen LogP contribution in [0.2, 0.25) is 0 Å². The van der Waals surface area contributed by atoms with Crippen LogP contribution in [0.1, 0.15) is 19.4 Å². The number of β-lactam (4-membered cyclic amide) rings is 1. The van der Waals surface area contributed by atoms with Crippen molar-refractivity contribution in [3.63, 3.8) is 0 Å². The van der Waals surface area contributed by atoms with Crippen LogP contribution in [0.3, 0.4) is 0 Å². The number of ether oxygens (including phenoxy) is 1. The number of fused-ring (bicyclic) bond motifs is 1. The molecule has 25 heavy (non-hydrogen) atoms. The van der Waals surface area contributed by atoms with Crippen LogP contribution in [0.4, 0.5) is 0 Å². The first-order valence-electron chi connectivity index (χ1n) is 7.80. The van der Waals surface area contributed by atoms with E-state index in [1.807, 2.05) is 30.3 Å². The fourth-order valence-corrected chi connectivity index (χ4v) is 5.85. The van der Waals surface area contributed by atoms with Crippen molar-refractivity contribution in [1.82, 2.24) is 4.90 Å². The summed E-state index contributed by atoms with van der Waals surface area (Å²) in [5.74, 6) is -3.05. The highest BCUT2D eigenvalue weighted by atomic mass is 32.2. The summed E-state index contributed by atoms with van der Waals surface area (Å²) in [4.78, 5) is 24.8. The van der Waals surface area contributed by atoms with E-state index in [4.69, 9.17) is 10.5 Å². The fourth-order valence-electron chi connectivity index (χ4n) is 3.52. The monoisotopic (exact) mass is 368 g/mol. The molecule has 2 aliphatic rings. The number of rotatable bonds is 5. The Morgan fingerprint density at radius 3 is 2.52 bits per heavy atom. The standard InChI is InChI=1S/C16H20N2O6S/c1-16(2)11(15(20)21)18-13(19)10(14(18)25(16,22)23)12(17)24-8-9-6-4-3-5-7-9/h3-7,10-12,14H,8,17H2,1-2H3,(H,20,21)/t10-,11+,12?,14-/m1/s1. The van der Waals surface area contributed by atoms with Gasteiger partial charge in [-0.2, -0.15) is 0 Å². The van der Waals surface area contributed by atoms with Crippen molar-refractivity contribution >= 4 is 21.7 Å². The summed E-state index contributed by atoms with van der Waals surface area (Å²) >= 11 is 0. The molecule has 2 fully saturated rings. The lowest BCUT2D eigenvalue weighted by Crippen LogP contribution is -2.68. The molecule has 1 amide bonds. The molecule has 3 rings (SSSR count). The molecule has 0 spiro atoms. The number of hydrogen-bond donors (Lipinski definition) is 2. The van der Waals surface area contributed by atoms with E-state index in [1.54, 1.807) is 0 Å². The molecule has 0 saturated carbocycles. The molecule has 1 aromatic rings. The van der Waals surface area contributed by atoms with Crippen LogP contribution in [0.25, 0.3) is 0 Å². The molecule has 0 aromatic heterocycles. The molecule has 0 bridgehead atoms. The van der Waals surface area contributed by atoms with E-state index in [1.165, 1.54) is 13.8 Å². The second kappa shape index (κ2) is 5.79. The predicted molar refractivity (Wildman–Crippen MR) is 87.8 cm³/mol. The van der Waals surface area contributed by atoms with Crippen LogP contribution in [-0.4, -0.2) is 52.7 Å². The molecule has 2 aliphatic heterocycles. The van der Waals surface area contributed by atoms with Gasteiger partial charge in [0.1, 0.15) is 18.2 Å². The van der Waals surface area contributed by atoms with Gasteiger partial charge >= 0.3 is 5.97 Å². The van der Waals surface area contributed by atoms with Crippen LogP contribution in [0.15, 0.2) is 30.3 Å². The van der Waals surface area contributed by atoms with Gasteiger partial charge in [-0.25, -0.2) is 13.2 Å². The molecule has 2 saturated heterocycles. The third-order valence-electron chi connectivity index (χ3n) is 4.98. The van der Waals surface area contributed by atoms with Crippen LogP contribution < -0.4 is 5.73 Å². The van der Waals surface area contributed by atoms with Crippen LogP contribution in [-0.2, 0) is 30.8 Å². The Morgan fingerprint density at radius 1 is 1.36 bits per heavy atom. The Kier molecular flexibility index (Phi) is 4.13. The maximum atomic E-state index is 12.8. The first kappa shape index (κ1) is 17.8. The van der Waals surface area contributed by atoms with Gasteiger partial charge in [-0.1, -0.05) is 30.3 Å². The second-order valence-electron chi connectivity index (χ2n) is 6.81. The molecule has 8 nitrogen and oxygen atoms in total. The fraction of sp³-hybridized carbons (Fsp3) is 0.500. The van der Waals surface area contributed by atoms with Gasteiger partial charge in [0, 0.05) is 0 Å². The summed E-state index contributed by atoms with van der Waals surface area (Å²) in [6.45, 7) is 2.77. The molecule has 4 atom stereocenters. The maximum absolute atomic E-state index is 12.8. The molecule has 1 aromatic carbocycles. The van der Waals surface area contributed by atoms with Crippen molar-refractivity contribution in [2.45, 2.75) is 42.8 Å². The lowest BCUT2D eigenvalue weighted by molar-refractivity contribution is -0.171. The molecule has 2 heterocycles. The van der Waals surface area contributed by atoms with Gasteiger partial charge in [-0.3, -0.25) is 4.79 Å². The van der Waals surface area contributed by atoms with Gasteiger partial charge in [0.15, 0.2) is 15.2 Å². The van der Waals surface area contributed by atoms with Gasteiger partial charge in [-0.15, -0.1) is 0 Å². The zero-order valence-electron chi connectivity index (χ0n) is 13.8. The van der Waals surface area contributed by atoms with Crippen molar-refractivity contribution in [3.05, 3.63) is 35.9 Å². The van der Waals surface area contributed by atoms with E-state index in [9.17, 15) is 23.1 Å². The molecular weight excluding hydrogens is 348 g/mol. The third kappa shape index (κ3) is 2.45. The van der Waals surface area contributed by atoms with Gasteiger partial charge < -0.3 is 20.5 Å². The first-order chi connectivity index (χ1) is 11.6. The Balaban J connectivity index is 1.81. The zero-order chi connectivity index (χ0) is 18.6. The normalized spacial score (nSPS) is 30.4. The lowest BCUT2D eigenvalue weighted by atomic mass is 9.90. The topological polar surface area (TPSA) is 127 Å². The molecular formula is C16H20N2O6S. The Labute approximate surface area is 145 Å². The number of hydrogen-bond acceptors (Lipinski definition) is 6. The van der Waals surface area contributed by atoms with E-state index in [0.29, 0.717) is 0 Å². The Hall–Kier alpha value is -1.97. The summed E-state index contributed by atoms with van der Waals surface area (Å²) in [6.07, 6.45) is -1.13. The van der Waals surface area contributed by atoms with Crippen LogP contribution in [0, 0.1) is 5.92 Å². The quantitative estimate of drug-likeness (QED) is 0.550. The van der Waals surface area contributed by atoms with Gasteiger partial charge in [0.05, 0.1) is 11.4 Å². The average Bonchev–Trinajstić information content (AvgIpc) is 2.68. The largest absolute Gasteiger partial charge is 0.480 e. The van der Waals surface area contributed by atoms with Crippen molar-refractivity contribution in [1.29, 1.82) is 0 Å². The maximum Gasteiger partial charge on any atom is 0.328 e. The minimum atomic E-state index is -3.91. The number of sulfone groups is 1. The Morgan fingerprint density at radius 2 is 1.96 bits per heavy atom. The SMILES string of the molecule is CC1(C)[C@H](C(=O)O)N2C(=O)[C@@H](C(N)OCc3ccccc3)[C@H]2S1(=O)=O. The third-order valence-corrected chi connectivity index (χ3v) is 7.83. The summed E-state index contributed by atoms with van der Waals surface area (Å²) < 4.78 is 29.4. The average molecular weight is 368 g/mol. The number of aliphatic carboxylic acids is 1. The summed E-state index contributed by atoms with van der Waals surface area (Å²) in [7, 11) is -3.91. The van der Waals surface area contributed by atoms with E-state index in [0.717, 1.165) is 10.5 Å². The summed E-state index contributed by atoms with van der Waals surface area (Å²) in [5, 5.41) is 8.11. The molecule has 0 radical (unpaired) electrons. The van der Waals surface area contributed by atoms with Gasteiger partial charge in [0.25, 0.3) is 0 Å².